The number of aliphatic hydroxyl groups is 1. The summed E-state index contributed by atoms with van der Waals surface area (Å²) in [5, 5.41) is 13.6. The van der Waals surface area contributed by atoms with Gasteiger partial charge in [-0.15, -0.1) is 0 Å². The fourth-order valence-electron chi connectivity index (χ4n) is 1.35. The monoisotopic (exact) mass is 260 g/mol. The molecule has 0 aliphatic carbocycles. The molecule has 0 amide bonds. The van der Waals surface area contributed by atoms with Crippen LogP contribution in [0, 0.1) is 0 Å². The molecule has 0 fully saturated rings. The second-order valence-corrected chi connectivity index (χ2v) is 5.28. The Bertz CT molecular complexity index is 316. The minimum Gasteiger partial charge on any atom is -0.388 e. The van der Waals surface area contributed by atoms with Gasteiger partial charge in [-0.2, -0.15) is 11.8 Å². The van der Waals surface area contributed by atoms with Gasteiger partial charge in [-0.3, -0.25) is 0 Å². The topological polar surface area (TPSA) is 45.1 Å². The van der Waals surface area contributed by atoms with Gasteiger partial charge in [0.05, 0.1) is 5.60 Å². The number of aromatic nitrogens is 1. The van der Waals surface area contributed by atoms with Crippen LogP contribution < -0.4 is 5.32 Å². The molecule has 0 aromatic carbocycles. The van der Waals surface area contributed by atoms with Crippen molar-refractivity contribution in [2.75, 3.05) is 18.6 Å². The smallest absolute Gasteiger partial charge is 0.129 e. The number of halogens is 1. The summed E-state index contributed by atoms with van der Waals surface area (Å²) in [7, 11) is 0. The number of hydrogen-bond acceptors (Lipinski definition) is 4. The first-order chi connectivity index (χ1) is 7.53. The van der Waals surface area contributed by atoms with E-state index < -0.39 is 5.60 Å². The number of rotatable bonds is 6. The highest BCUT2D eigenvalue weighted by atomic mass is 35.5. The van der Waals surface area contributed by atoms with Crippen LogP contribution in [0.25, 0.3) is 0 Å². The second kappa shape index (κ2) is 6.45. The van der Waals surface area contributed by atoms with Crippen LogP contribution in [0.4, 0.5) is 0 Å². The lowest BCUT2D eigenvalue weighted by atomic mass is 10.1. The van der Waals surface area contributed by atoms with Crippen LogP contribution >= 0.6 is 23.4 Å². The van der Waals surface area contributed by atoms with Crippen molar-refractivity contribution < 1.29 is 5.11 Å². The van der Waals surface area contributed by atoms with Crippen molar-refractivity contribution in [1.29, 1.82) is 0 Å². The van der Waals surface area contributed by atoms with Crippen molar-refractivity contribution >= 4 is 23.4 Å². The van der Waals surface area contributed by atoms with Gasteiger partial charge in [0.1, 0.15) is 5.15 Å². The van der Waals surface area contributed by atoms with E-state index in [9.17, 15) is 5.11 Å². The van der Waals surface area contributed by atoms with Crippen molar-refractivity contribution in [2.45, 2.75) is 19.1 Å². The molecule has 1 aromatic rings. The minimum absolute atomic E-state index is 0.498. The van der Waals surface area contributed by atoms with E-state index >= 15 is 0 Å². The first-order valence-corrected chi connectivity index (χ1v) is 6.83. The molecule has 5 heteroatoms. The SMILES string of the molecule is CSCC(C)(O)CNCc1ccc(Cl)nc1. The lowest BCUT2D eigenvalue weighted by Gasteiger charge is -2.22. The summed E-state index contributed by atoms with van der Waals surface area (Å²) >= 11 is 7.32. The third-order valence-electron chi connectivity index (χ3n) is 2.08. The Morgan fingerprint density at radius 2 is 2.31 bits per heavy atom. The van der Waals surface area contributed by atoms with Crippen LogP contribution in [-0.2, 0) is 6.54 Å². The Labute approximate surface area is 106 Å². The molecule has 0 radical (unpaired) electrons. The summed E-state index contributed by atoms with van der Waals surface area (Å²) in [4.78, 5) is 3.99. The summed E-state index contributed by atoms with van der Waals surface area (Å²) in [6.45, 7) is 3.09. The van der Waals surface area contributed by atoms with Crippen molar-refractivity contribution in [3.8, 4) is 0 Å². The Balaban J connectivity index is 2.32. The molecule has 1 atom stereocenters. The summed E-state index contributed by atoms with van der Waals surface area (Å²) in [6.07, 6.45) is 3.72. The predicted octanol–water partition coefficient (Wildman–Crippen LogP) is 1.94. The zero-order chi connectivity index (χ0) is 12.0. The Kier molecular flexibility index (Phi) is 5.55. The highest BCUT2D eigenvalue weighted by molar-refractivity contribution is 7.98. The zero-order valence-electron chi connectivity index (χ0n) is 9.53. The molecule has 1 unspecified atom stereocenters. The number of nitrogens with one attached hydrogen (secondary N) is 1. The quantitative estimate of drug-likeness (QED) is 0.768. The average molecular weight is 261 g/mol. The van der Waals surface area contributed by atoms with Crippen molar-refractivity contribution in [3.63, 3.8) is 0 Å². The Morgan fingerprint density at radius 3 is 2.88 bits per heavy atom. The molecule has 1 rings (SSSR count). The molecule has 3 nitrogen and oxygen atoms in total. The van der Waals surface area contributed by atoms with Crippen LogP contribution in [0.15, 0.2) is 18.3 Å². The summed E-state index contributed by atoms with van der Waals surface area (Å²) in [5.74, 6) is 0.721. The fourth-order valence-corrected chi connectivity index (χ4v) is 2.18. The first-order valence-electron chi connectivity index (χ1n) is 5.06. The van der Waals surface area contributed by atoms with Crippen LogP contribution in [-0.4, -0.2) is 34.2 Å². The maximum atomic E-state index is 9.92. The van der Waals surface area contributed by atoms with Crippen molar-refractivity contribution in [1.82, 2.24) is 10.3 Å². The van der Waals surface area contributed by atoms with Gasteiger partial charge in [-0.1, -0.05) is 17.7 Å². The molecule has 0 bridgehead atoms. The lowest BCUT2D eigenvalue weighted by molar-refractivity contribution is 0.0846. The van der Waals surface area contributed by atoms with Crippen LogP contribution in [0.5, 0.6) is 0 Å². The van der Waals surface area contributed by atoms with Crippen LogP contribution in [0.1, 0.15) is 12.5 Å². The minimum atomic E-state index is -0.667. The normalized spacial score (nSPS) is 14.8. The van der Waals surface area contributed by atoms with E-state index in [1.165, 1.54) is 0 Å². The molecule has 1 aromatic heterocycles. The van der Waals surface area contributed by atoms with Crippen LogP contribution in [0.2, 0.25) is 5.15 Å². The van der Waals surface area contributed by atoms with Crippen molar-refractivity contribution in [2.24, 2.45) is 0 Å². The van der Waals surface area contributed by atoms with E-state index in [1.54, 1.807) is 24.0 Å². The van der Waals surface area contributed by atoms with E-state index in [0.717, 1.165) is 11.3 Å². The lowest BCUT2D eigenvalue weighted by Crippen LogP contribution is -2.39. The summed E-state index contributed by atoms with van der Waals surface area (Å²) in [5.41, 5.74) is 0.392. The first kappa shape index (κ1) is 13.8. The molecule has 0 spiro atoms. The van der Waals surface area contributed by atoms with E-state index in [2.05, 4.69) is 10.3 Å². The third-order valence-corrected chi connectivity index (χ3v) is 3.21. The highest BCUT2D eigenvalue weighted by Gasteiger charge is 2.18. The molecule has 0 saturated carbocycles. The van der Waals surface area contributed by atoms with E-state index in [4.69, 9.17) is 11.6 Å². The molecule has 0 aliphatic heterocycles. The Morgan fingerprint density at radius 1 is 1.56 bits per heavy atom. The van der Waals surface area contributed by atoms with E-state index in [0.29, 0.717) is 18.2 Å². The predicted molar refractivity (Wildman–Crippen MR) is 70.0 cm³/mol. The van der Waals surface area contributed by atoms with Gasteiger partial charge in [0, 0.05) is 25.0 Å². The zero-order valence-corrected chi connectivity index (χ0v) is 11.1. The van der Waals surface area contributed by atoms with Crippen molar-refractivity contribution in [3.05, 3.63) is 29.0 Å². The average Bonchev–Trinajstić information content (AvgIpc) is 2.20. The summed E-state index contributed by atoms with van der Waals surface area (Å²) in [6, 6.07) is 3.68. The molecule has 0 aliphatic rings. The molecule has 2 N–H and O–H groups in total. The summed E-state index contributed by atoms with van der Waals surface area (Å²) < 4.78 is 0. The van der Waals surface area contributed by atoms with Gasteiger partial charge in [0.15, 0.2) is 0 Å². The molecular weight excluding hydrogens is 244 g/mol. The molecule has 90 valence electrons. The van der Waals surface area contributed by atoms with Gasteiger partial charge < -0.3 is 10.4 Å². The third kappa shape index (κ3) is 5.16. The second-order valence-electron chi connectivity index (χ2n) is 4.02. The number of pyridine rings is 1. The van der Waals surface area contributed by atoms with Gasteiger partial charge in [0.2, 0.25) is 0 Å². The molecule has 16 heavy (non-hydrogen) atoms. The van der Waals surface area contributed by atoms with Gasteiger partial charge in [-0.05, 0) is 24.8 Å². The van der Waals surface area contributed by atoms with E-state index in [-0.39, 0.29) is 0 Å². The van der Waals surface area contributed by atoms with Gasteiger partial charge >= 0.3 is 0 Å². The number of hydrogen-bond donors (Lipinski definition) is 2. The largest absolute Gasteiger partial charge is 0.388 e. The van der Waals surface area contributed by atoms with Crippen LogP contribution in [0.3, 0.4) is 0 Å². The van der Waals surface area contributed by atoms with E-state index in [1.807, 2.05) is 19.2 Å². The molecule has 1 heterocycles. The number of thioether (sulfide) groups is 1. The van der Waals surface area contributed by atoms with Gasteiger partial charge in [-0.25, -0.2) is 4.98 Å². The maximum absolute atomic E-state index is 9.92. The molecular formula is C11H17ClN2OS. The molecule has 0 saturated heterocycles. The number of nitrogens with zero attached hydrogens (tertiary/aromatic N) is 1. The maximum Gasteiger partial charge on any atom is 0.129 e. The Hall–Kier alpha value is -0.290. The van der Waals surface area contributed by atoms with Gasteiger partial charge in [0.25, 0.3) is 0 Å². The standard InChI is InChI=1S/C11H17ClN2OS/c1-11(15,8-16-2)7-13-5-9-3-4-10(12)14-6-9/h3-4,6,13,15H,5,7-8H2,1-2H3. The fraction of sp³-hybridized carbons (Fsp3) is 0.545. The highest BCUT2D eigenvalue weighted by Crippen LogP contribution is 2.10.